The van der Waals surface area contributed by atoms with E-state index < -0.39 is 6.10 Å². The summed E-state index contributed by atoms with van der Waals surface area (Å²) < 4.78 is 2.04. The van der Waals surface area contributed by atoms with Gasteiger partial charge in [0, 0.05) is 11.6 Å². The Kier molecular flexibility index (Phi) is 4.27. The van der Waals surface area contributed by atoms with Gasteiger partial charge in [-0.1, -0.05) is 54.1 Å². The van der Waals surface area contributed by atoms with Crippen LogP contribution in [0.1, 0.15) is 28.7 Å². The Balaban J connectivity index is 1.93. The van der Waals surface area contributed by atoms with E-state index >= 15 is 0 Å². The summed E-state index contributed by atoms with van der Waals surface area (Å²) in [5.74, 6) is 0.881. The lowest BCUT2D eigenvalue weighted by molar-refractivity contribution is 0.210. The van der Waals surface area contributed by atoms with Gasteiger partial charge in [-0.2, -0.15) is 0 Å². The van der Waals surface area contributed by atoms with Gasteiger partial charge >= 0.3 is 0 Å². The molecule has 1 atom stereocenters. The molecule has 0 aliphatic rings. The number of halogens is 1. The molecule has 1 N–H and O–H groups in total. The Hall–Kier alpha value is -2.10. The fraction of sp³-hybridized carbons (Fsp3) is 0.167. The number of aliphatic hydroxyl groups excluding tert-OH is 1. The molecule has 3 aromatic rings. The van der Waals surface area contributed by atoms with Crippen LogP contribution in [0.2, 0.25) is 5.02 Å². The van der Waals surface area contributed by atoms with Crippen molar-refractivity contribution in [3.8, 4) is 0 Å². The van der Waals surface area contributed by atoms with Crippen molar-refractivity contribution in [2.45, 2.75) is 19.6 Å². The molecule has 0 amide bonds. The first-order valence-corrected chi connectivity index (χ1v) is 7.52. The summed E-state index contributed by atoms with van der Waals surface area (Å²) in [5, 5.41) is 11.3. The van der Waals surface area contributed by atoms with Gasteiger partial charge in [0.05, 0.1) is 11.9 Å². The number of benzene rings is 2. The zero-order chi connectivity index (χ0) is 15.5. The van der Waals surface area contributed by atoms with Gasteiger partial charge in [0.25, 0.3) is 0 Å². The van der Waals surface area contributed by atoms with E-state index in [1.165, 1.54) is 5.56 Å². The monoisotopic (exact) mass is 312 g/mol. The first-order chi connectivity index (χ1) is 10.6. The lowest BCUT2D eigenvalue weighted by Gasteiger charge is -2.16. The average molecular weight is 313 g/mol. The third-order valence-electron chi connectivity index (χ3n) is 3.74. The molecule has 0 aliphatic carbocycles. The molecule has 0 saturated heterocycles. The highest BCUT2D eigenvalue weighted by Gasteiger charge is 2.17. The largest absolute Gasteiger partial charge is 0.382 e. The molecule has 0 aliphatic heterocycles. The maximum atomic E-state index is 10.7. The van der Waals surface area contributed by atoms with E-state index in [0.717, 1.165) is 17.1 Å². The minimum atomic E-state index is -0.720. The maximum absolute atomic E-state index is 10.7. The summed E-state index contributed by atoms with van der Waals surface area (Å²) in [6.45, 7) is 2.63. The van der Waals surface area contributed by atoms with Crippen LogP contribution in [0.3, 0.4) is 0 Å². The summed E-state index contributed by atoms with van der Waals surface area (Å²) in [4.78, 5) is 4.35. The quantitative estimate of drug-likeness (QED) is 0.791. The highest BCUT2D eigenvalue weighted by atomic mass is 35.5. The third kappa shape index (κ3) is 3.06. The van der Waals surface area contributed by atoms with Gasteiger partial charge < -0.3 is 9.67 Å². The van der Waals surface area contributed by atoms with Gasteiger partial charge in [0.2, 0.25) is 0 Å². The van der Waals surface area contributed by atoms with Crippen molar-refractivity contribution in [3.63, 3.8) is 0 Å². The van der Waals surface area contributed by atoms with E-state index in [-0.39, 0.29) is 0 Å². The number of aryl methyl sites for hydroxylation is 1. The first kappa shape index (κ1) is 14.8. The van der Waals surface area contributed by atoms with E-state index in [4.69, 9.17) is 11.6 Å². The van der Waals surface area contributed by atoms with Crippen LogP contribution in [0.25, 0.3) is 0 Å². The average Bonchev–Trinajstić information content (AvgIpc) is 2.89. The number of aromatic nitrogens is 2. The Morgan fingerprint density at radius 2 is 1.77 bits per heavy atom. The summed E-state index contributed by atoms with van der Waals surface area (Å²) in [5.41, 5.74) is 2.76. The molecular formula is C18H17ClN2O. The smallest absolute Gasteiger partial charge is 0.121 e. The fourth-order valence-electron chi connectivity index (χ4n) is 2.49. The van der Waals surface area contributed by atoms with Crippen molar-refractivity contribution < 1.29 is 5.11 Å². The molecule has 0 saturated carbocycles. The predicted octanol–water partition coefficient (Wildman–Crippen LogP) is 3.97. The van der Waals surface area contributed by atoms with E-state index in [2.05, 4.69) is 17.1 Å². The molecule has 22 heavy (non-hydrogen) atoms. The molecule has 4 heteroatoms. The summed E-state index contributed by atoms with van der Waals surface area (Å²) in [6.07, 6.45) is 1.01. The Morgan fingerprint density at radius 1 is 1.09 bits per heavy atom. The van der Waals surface area contributed by atoms with Crippen molar-refractivity contribution in [2.75, 3.05) is 0 Å². The Labute approximate surface area is 134 Å². The molecule has 0 bridgehead atoms. The van der Waals surface area contributed by atoms with Crippen LogP contribution in [0, 0.1) is 6.92 Å². The van der Waals surface area contributed by atoms with Crippen LogP contribution >= 0.6 is 11.6 Å². The first-order valence-electron chi connectivity index (χ1n) is 7.14. The van der Waals surface area contributed by atoms with E-state index in [1.807, 2.05) is 41.8 Å². The lowest BCUT2D eigenvalue weighted by Crippen LogP contribution is -2.11. The molecule has 0 fully saturated rings. The normalized spacial score (nSPS) is 12.3. The minimum absolute atomic E-state index is 0.657. The summed E-state index contributed by atoms with van der Waals surface area (Å²) in [7, 11) is 0. The lowest BCUT2D eigenvalue weighted by atomic mass is 10.1. The molecule has 3 rings (SSSR count). The van der Waals surface area contributed by atoms with Crippen LogP contribution < -0.4 is 0 Å². The summed E-state index contributed by atoms with van der Waals surface area (Å²) >= 11 is 5.91. The number of rotatable bonds is 4. The van der Waals surface area contributed by atoms with Crippen LogP contribution in [-0.4, -0.2) is 14.7 Å². The van der Waals surface area contributed by atoms with E-state index in [9.17, 15) is 5.11 Å². The van der Waals surface area contributed by atoms with Crippen LogP contribution in [0.15, 0.2) is 60.8 Å². The second kappa shape index (κ2) is 6.34. The number of nitrogens with zero attached hydrogens (tertiary/aromatic N) is 2. The highest BCUT2D eigenvalue weighted by molar-refractivity contribution is 6.30. The van der Waals surface area contributed by atoms with Gasteiger partial charge in [0.15, 0.2) is 0 Å². The Morgan fingerprint density at radius 3 is 2.45 bits per heavy atom. The third-order valence-corrected chi connectivity index (χ3v) is 3.99. The fourth-order valence-corrected chi connectivity index (χ4v) is 2.62. The molecule has 2 aromatic carbocycles. The van der Waals surface area contributed by atoms with E-state index in [0.29, 0.717) is 11.6 Å². The standard InChI is InChI=1S/C18H17ClN2O/c1-13-20-11-17(18(22)15-7-9-16(19)10-8-15)21(13)12-14-5-3-2-4-6-14/h2-11,18,22H,12H2,1H3. The minimum Gasteiger partial charge on any atom is -0.382 e. The number of hydrogen-bond donors (Lipinski definition) is 1. The van der Waals surface area contributed by atoms with Crippen LogP contribution in [-0.2, 0) is 6.54 Å². The predicted molar refractivity (Wildman–Crippen MR) is 88.0 cm³/mol. The highest BCUT2D eigenvalue weighted by Crippen LogP contribution is 2.25. The van der Waals surface area contributed by atoms with Gasteiger partial charge in [-0.3, -0.25) is 0 Å². The SMILES string of the molecule is Cc1ncc(C(O)c2ccc(Cl)cc2)n1Cc1ccccc1. The zero-order valence-corrected chi connectivity index (χ0v) is 13.0. The molecule has 0 spiro atoms. The van der Waals surface area contributed by atoms with Crippen molar-refractivity contribution in [1.29, 1.82) is 0 Å². The molecule has 112 valence electrons. The van der Waals surface area contributed by atoms with Gasteiger partial charge in [-0.25, -0.2) is 4.98 Å². The second-order valence-electron chi connectivity index (χ2n) is 5.26. The van der Waals surface area contributed by atoms with Crippen molar-refractivity contribution in [3.05, 3.63) is 88.5 Å². The molecule has 1 unspecified atom stereocenters. The van der Waals surface area contributed by atoms with Gasteiger partial charge in [-0.15, -0.1) is 0 Å². The van der Waals surface area contributed by atoms with Crippen molar-refractivity contribution in [2.24, 2.45) is 0 Å². The second-order valence-corrected chi connectivity index (χ2v) is 5.69. The van der Waals surface area contributed by atoms with Crippen molar-refractivity contribution >= 4 is 11.6 Å². The molecule has 1 heterocycles. The number of imidazole rings is 1. The van der Waals surface area contributed by atoms with Gasteiger partial charge in [-0.05, 0) is 30.2 Å². The number of aliphatic hydroxyl groups is 1. The van der Waals surface area contributed by atoms with Crippen LogP contribution in [0.4, 0.5) is 0 Å². The zero-order valence-electron chi connectivity index (χ0n) is 12.3. The molecule has 1 aromatic heterocycles. The van der Waals surface area contributed by atoms with Crippen molar-refractivity contribution in [1.82, 2.24) is 9.55 Å². The maximum Gasteiger partial charge on any atom is 0.121 e. The summed E-state index contributed by atoms with van der Waals surface area (Å²) in [6, 6.07) is 17.4. The topological polar surface area (TPSA) is 38.1 Å². The van der Waals surface area contributed by atoms with Gasteiger partial charge in [0.1, 0.15) is 11.9 Å². The van der Waals surface area contributed by atoms with Crippen LogP contribution in [0.5, 0.6) is 0 Å². The Bertz CT molecular complexity index is 751. The molecular weight excluding hydrogens is 296 g/mol. The molecule has 3 nitrogen and oxygen atoms in total. The number of hydrogen-bond acceptors (Lipinski definition) is 2. The van der Waals surface area contributed by atoms with E-state index in [1.54, 1.807) is 18.3 Å². The molecule has 0 radical (unpaired) electrons.